The van der Waals surface area contributed by atoms with Gasteiger partial charge in [-0.2, -0.15) is 5.10 Å². The van der Waals surface area contributed by atoms with Crippen molar-refractivity contribution in [2.24, 2.45) is 0 Å². The van der Waals surface area contributed by atoms with Gasteiger partial charge in [-0.05, 0) is 62.2 Å². The molecule has 1 N–H and O–H groups in total. The fraction of sp³-hybridized carbons (Fsp3) is 0.292. The van der Waals surface area contributed by atoms with Crippen molar-refractivity contribution in [2.75, 3.05) is 11.9 Å². The Bertz CT molecular complexity index is 1100. The van der Waals surface area contributed by atoms with Crippen LogP contribution in [-0.2, 0) is 11.2 Å². The summed E-state index contributed by atoms with van der Waals surface area (Å²) in [6.45, 7) is 6.46. The summed E-state index contributed by atoms with van der Waals surface area (Å²) >= 11 is 0. The van der Waals surface area contributed by atoms with Crippen LogP contribution in [0.15, 0.2) is 48.5 Å². The Morgan fingerprint density at radius 3 is 2.67 bits per heavy atom. The number of hydrogen-bond acceptors (Lipinski definition) is 4. The number of ketones is 1. The largest absolute Gasteiger partial charge is 0.494 e. The molecule has 0 spiro atoms. The van der Waals surface area contributed by atoms with Crippen LogP contribution in [0.4, 0.5) is 5.82 Å². The number of ether oxygens (including phenoxy) is 1. The second-order valence-corrected chi connectivity index (χ2v) is 7.41. The molecule has 1 amide bonds. The Balaban J connectivity index is 1.74. The highest BCUT2D eigenvalue weighted by Crippen LogP contribution is 2.38. The Morgan fingerprint density at radius 1 is 1.20 bits per heavy atom. The molecule has 0 saturated carbocycles. The lowest BCUT2D eigenvalue weighted by Crippen LogP contribution is -2.28. The van der Waals surface area contributed by atoms with E-state index in [1.54, 1.807) is 28.9 Å². The molecule has 1 atom stereocenters. The molecular formula is C24H25N3O3. The molecule has 4 rings (SSSR count). The molecular weight excluding hydrogens is 378 g/mol. The third kappa shape index (κ3) is 3.61. The van der Waals surface area contributed by atoms with Gasteiger partial charge in [0.2, 0.25) is 5.91 Å². The lowest BCUT2D eigenvalue weighted by molar-refractivity contribution is -0.116. The summed E-state index contributed by atoms with van der Waals surface area (Å²) < 4.78 is 7.20. The average molecular weight is 403 g/mol. The third-order valence-electron chi connectivity index (χ3n) is 5.43. The van der Waals surface area contributed by atoms with E-state index >= 15 is 0 Å². The summed E-state index contributed by atoms with van der Waals surface area (Å²) in [7, 11) is 0. The van der Waals surface area contributed by atoms with Crippen LogP contribution in [0.1, 0.15) is 53.4 Å². The second kappa shape index (κ2) is 8.14. The highest BCUT2D eigenvalue weighted by molar-refractivity contribution is 6.08. The Labute approximate surface area is 175 Å². The molecule has 1 aliphatic rings. The van der Waals surface area contributed by atoms with Crippen LogP contribution in [0.5, 0.6) is 5.75 Å². The quantitative estimate of drug-likeness (QED) is 0.617. The van der Waals surface area contributed by atoms with E-state index in [-0.39, 0.29) is 18.1 Å². The predicted octanol–water partition coefficient (Wildman–Crippen LogP) is 4.45. The maximum absolute atomic E-state index is 13.3. The van der Waals surface area contributed by atoms with Gasteiger partial charge in [0, 0.05) is 17.5 Å². The van der Waals surface area contributed by atoms with Crippen LogP contribution in [0.2, 0.25) is 0 Å². The molecule has 0 saturated heterocycles. The predicted molar refractivity (Wildman–Crippen MR) is 116 cm³/mol. The van der Waals surface area contributed by atoms with E-state index in [4.69, 9.17) is 4.74 Å². The number of hydrogen-bond donors (Lipinski definition) is 1. The number of anilines is 1. The molecule has 30 heavy (non-hydrogen) atoms. The van der Waals surface area contributed by atoms with Crippen molar-refractivity contribution in [1.82, 2.24) is 9.78 Å². The summed E-state index contributed by atoms with van der Waals surface area (Å²) in [4.78, 5) is 25.8. The van der Waals surface area contributed by atoms with Crippen molar-refractivity contribution < 1.29 is 14.3 Å². The number of nitrogens with zero attached hydrogens (tertiary/aromatic N) is 2. The lowest BCUT2D eigenvalue weighted by atomic mass is 9.85. The molecule has 0 radical (unpaired) electrons. The van der Waals surface area contributed by atoms with Crippen LogP contribution in [0.25, 0.3) is 5.69 Å². The summed E-state index contributed by atoms with van der Waals surface area (Å²) in [5.41, 5.74) is 4.14. The second-order valence-electron chi connectivity index (χ2n) is 7.41. The maximum atomic E-state index is 13.3. The van der Waals surface area contributed by atoms with Gasteiger partial charge in [-0.15, -0.1) is 0 Å². The fourth-order valence-corrected chi connectivity index (χ4v) is 3.95. The van der Waals surface area contributed by atoms with Crippen LogP contribution < -0.4 is 10.1 Å². The van der Waals surface area contributed by atoms with Gasteiger partial charge in [-0.3, -0.25) is 9.59 Å². The van der Waals surface area contributed by atoms with Crippen molar-refractivity contribution in [2.45, 2.75) is 39.5 Å². The summed E-state index contributed by atoms with van der Waals surface area (Å²) in [6.07, 6.45) is 1.02. The van der Waals surface area contributed by atoms with Gasteiger partial charge in [0.15, 0.2) is 5.78 Å². The van der Waals surface area contributed by atoms with E-state index in [2.05, 4.69) is 29.5 Å². The van der Waals surface area contributed by atoms with Gasteiger partial charge >= 0.3 is 0 Å². The Morgan fingerprint density at radius 2 is 1.97 bits per heavy atom. The van der Waals surface area contributed by atoms with E-state index in [1.807, 2.05) is 26.0 Å². The van der Waals surface area contributed by atoms with E-state index < -0.39 is 5.92 Å². The zero-order chi connectivity index (χ0) is 21.3. The van der Waals surface area contributed by atoms with Gasteiger partial charge in [-0.25, -0.2) is 4.68 Å². The molecule has 1 aliphatic heterocycles. The van der Waals surface area contributed by atoms with E-state index in [0.717, 1.165) is 29.1 Å². The maximum Gasteiger partial charge on any atom is 0.226 e. The topological polar surface area (TPSA) is 73.2 Å². The van der Waals surface area contributed by atoms with Crippen molar-refractivity contribution in [3.63, 3.8) is 0 Å². The fourth-order valence-electron chi connectivity index (χ4n) is 3.95. The van der Waals surface area contributed by atoms with Crippen molar-refractivity contribution in [3.8, 4) is 11.4 Å². The Kier molecular flexibility index (Phi) is 5.40. The van der Waals surface area contributed by atoms with Crippen LogP contribution >= 0.6 is 0 Å². The van der Waals surface area contributed by atoms with Crippen LogP contribution in [-0.4, -0.2) is 28.1 Å². The van der Waals surface area contributed by atoms with Crippen LogP contribution in [0, 0.1) is 6.92 Å². The van der Waals surface area contributed by atoms with Crippen molar-refractivity contribution in [3.05, 3.63) is 70.9 Å². The van der Waals surface area contributed by atoms with E-state index in [0.29, 0.717) is 18.0 Å². The molecule has 2 heterocycles. The first-order valence-electron chi connectivity index (χ1n) is 10.3. The number of benzene rings is 2. The number of carbonyl (C=O) groups excluding carboxylic acids is 2. The molecule has 3 aromatic rings. The van der Waals surface area contributed by atoms with Gasteiger partial charge in [0.05, 0.1) is 23.9 Å². The zero-order valence-corrected chi connectivity index (χ0v) is 17.4. The SMILES string of the molecule is CCOc1ccc(C(=O)[C@H]2CC(=O)Nc3c2c(C)nn3-c2cccc(CC)c2)cc1. The first-order valence-corrected chi connectivity index (χ1v) is 10.3. The molecule has 1 aromatic heterocycles. The number of amides is 1. The standard InChI is InChI=1S/C24H25N3O3/c1-4-16-7-6-8-18(13-16)27-24-22(15(3)26-27)20(14-21(28)25-24)23(29)17-9-11-19(12-10-17)30-5-2/h6-13,20H,4-5,14H2,1-3H3,(H,25,28)/t20-/m0/s1. The number of aryl methyl sites for hydroxylation is 2. The zero-order valence-electron chi connectivity index (χ0n) is 17.4. The van der Waals surface area contributed by atoms with Crippen LogP contribution in [0.3, 0.4) is 0 Å². The average Bonchev–Trinajstić information content (AvgIpc) is 3.09. The molecule has 6 nitrogen and oxygen atoms in total. The number of fused-ring (bicyclic) bond motifs is 1. The number of rotatable bonds is 6. The van der Waals surface area contributed by atoms with Crippen molar-refractivity contribution in [1.29, 1.82) is 0 Å². The number of aromatic nitrogens is 2. The van der Waals surface area contributed by atoms with Gasteiger partial charge in [-0.1, -0.05) is 19.1 Å². The minimum atomic E-state index is -0.560. The van der Waals surface area contributed by atoms with Gasteiger partial charge in [0.25, 0.3) is 0 Å². The Hall–Kier alpha value is -3.41. The minimum Gasteiger partial charge on any atom is -0.494 e. The smallest absolute Gasteiger partial charge is 0.226 e. The summed E-state index contributed by atoms with van der Waals surface area (Å²) in [6, 6.07) is 15.1. The number of nitrogens with one attached hydrogen (secondary N) is 1. The first kappa shape index (κ1) is 19.9. The molecule has 2 aromatic carbocycles. The normalized spacial score (nSPS) is 15.4. The molecule has 0 unspecified atom stereocenters. The molecule has 0 aliphatic carbocycles. The molecule has 6 heteroatoms. The minimum absolute atomic E-state index is 0.0842. The first-order chi connectivity index (χ1) is 14.5. The highest BCUT2D eigenvalue weighted by Gasteiger charge is 2.36. The summed E-state index contributed by atoms with van der Waals surface area (Å²) in [5.74, 6) is 0.478. The lowest BCUT2D eigenvalue weighted by Gasteiger charge is -2.23. The summed E-state index contributed by atoms with van der Waals surface area (Å²) in [5, 5.41) is 7.60. The highest BCUT2D eigenvalue weighted by atomic mass is 16.5. The number of Topliss-reactive ketones (excluding diaryl/α,β-unsaturated/α-hetero) is 1. The number of carbonyl (C=O) groups is 2. The van der Waals surface area contributed by atoms with Crippen molar-refractivity contribution >= 4 is 17.5 Å². The van der Waals surface area contributed by atoms with E-state index in [9.17, 15) is 9.59 Å². The van der Waals surface area contributed by atoms with Gasteiger partial charge < -0.3 is 10.1 Å². The third-order valence-corrected chi connectivity index (χ3v) is 5.43. The van der Waals surface area contributed by atoms with Gasteiger partial charge in [0.1, 0.15) is 11.6 Å². The molecule has 0 bridgehead atoms. The molecule has 0 fully saturated rings. The van der Waals surface area contributed by atoms with E-state index in [1.165, 1.54) is 5.56 Å². The molecule has 154 valence electrons. The monoisotopic (exact) mass is 403 g/mol.